The average Bonchev–Trinajstić information content (AvgIpc) is 3.25. The van der Waals surface area contributed by atoms with Gasteiger partial charge >= 0.3 is 0 Å². The number of thiazole rings is 1. The molecule has 24 heavy (non-hydrogen) atoms. The molecule has 4 rings (SSSR count). The van der Waals surface area contributed by atoms with E-state index in [2.05, 4.69) is 9.88 Å². The highest BCUT2D eigenvalue weighted by Crippen LogP contribution is 2.30. The highest BCUT2D eigenvalue weighted by Gasteiger charge is 2.47. The first kappa shape index (κ1) is 16.2. The quantitative estimate of drug-likeness (QED) is 0.785. The van der Waals surface area contributed by atoms with E-state index in [1.165, 1.54) is 11.3 Å². The third kappa shape index (κ3) is 2.79. The predicted molar refractivity (Wildman–Crippen MR) is 95.3 cm³/mol. The Hall–Kier alpha value is -1.29. The summed E-state index contributed by atoms with van der Waals surface area (Å²) in [6.45, 7) is 1.22. The van der Waals surface area contributed by atoms with Gasteiger partial charge in [0.05, 0.1) is 22.4 Å². The molecule has 0 bridgehead atoms. The number of carbonyl (C=O) groups excluding carboxylic acids is 1. The van der Waals surface area contributed by atoms with Crippen LogP contribution in [0.2, 0.25) is 0 Å². The summed E-state index contributed by atoms with van der Waals surface area (Å²) in [4.78, 5) is 22.2. The van der Waals surface area contributed by atoms with Crippen LogP contribution in [0.3, 0.4) is 0 Å². The number of hydrogen-bond donors (Lipinski definition) is 0. The number of thiophene rings is 1. The molecular formula is C15H17N3O3S3. The fraction of sp³-hybridized carbons (Fsp3) is 0.467. The second-order valence-electron chi connectivity index (χ2n) is 6.21. The Labute approximate surface area is 148 Å². The Balaban J connectivity index is 1.60. The molecule has 9 heteroatoms. The molecule has 6 nitrogen and oxygen atoms in total. The predicted octanol–water partition coefficient (Wildman–Crippen LogP) is 1.42. The van der Waals surface area contributed by atoms with Crippen molar-refractivity contribution < 1.29 is 13.2 Å². The maximum Gasteiger partial charge on any atom is 0.273 e. The van der Waals surface area contributed by atoms with E-state index < -0.39 is 9.84 Å². The molecule has 128 valence electrons. The Kier molecular flexibility index (Phi) is 3.98. The van der Waals surface area contributed by atoms with E-state index in [9.17, 15) is 13.2 Å². The molecule has 0 saturated carbocycles. The number of piperazine rings is 1. The molecule has 2 unspecified atom stereocenters. The van der Waals surface area contributed by atoms with E-state index >= 15 is 0 Å². The molecule has 2 atom stereocenters. The molecule has 4 heterocycles. The highest BCUT2D eigenvalue weighted by atomic mass is 32.2. The van der Waals surface area contributed by atoms with Crippen LogP contribution in [0.1, 0.15) is 10.5 Å². The third-order valence-electron chi connectivity index (χ3n) is 4.67. The van der Waals surface area contributed by atoms with E-state index in [4.69, 9.17) is 0 Å². The standard InChI is InChI=1S/C15H17N3O3S3/c1-17-4-5-18(12-9-24(20,21)8-11(12)17)15(19)10-7-23-14(16-10)13-3-2-6-22-13/h2-3,6-7,11-12H,4-5,8-9H2,1H3. The van der Waals surface area contributed by atoms with Crippen LogP contribution >= 0.6 is 22.7 Å². The molecule has 2 aromatic rings. The van der Waals surface area contributed by atoms with Crippen LogP contribution in [0.15, 0.2) is 22.9 Å². The number of fused-ring (bicyclic) bond motifs is 1. The fourth-order valence-corrected chi connectivity index (χ4v) is 7.07. The average molecular weight is 384 g/mol. The molecule has 2 aliphatic rings. The minimum Gasteiger partial charge on any atom is -0.330 e. The van der Waals surface area contributed by atoms with Gasteiger partial charge in [-0.25, -0.2) is 13.4 Å². The first-order valence-corrected chi connectivity index (χ1v) is 11.2. The maximum absolute atomic E-state index is 12.9. The van der Waals surface area contributed by atoms with Crippen LogP contribution in [0.4, 0.5) is 0 Å². The number of aromatic nitrogens is 1. The van der Waals surface area contributed by atoms with Gasteiger partial charge in [-0.15, -0.1) is 22.7 Å². The lowest BCUT2D eigenvalue weighted by molar-refractivity contribution is 0.0405. The lowest BCUT2D eigenvalue weighted by atomic mass is 10.1. The zero-order valence-electron chi connectivity index (χ0n) is 13.1. The van der Waals surface area contributed by atoms with Gasteiger partial charge in [-0.1, -0.05) is 6.07 Å². The van der Waals surface area contributed by atoms with Gasteiger partial charge in [0.1, 0.15) is 10.7 Å². The Morgan fingerprint density at radius 1 is 1.25 bits per heavy atom. The summed E-state index contributed by atoms with van der Waals surface area (Å²) >= 11 is 3.04. The van der Waals surface area contributed by atoms with Crippen LogP contribution in [0.25, 0.3) is 9.88 Å². The number of nitrogens with zero attached hydrogens (tertiary/aromatic N) is 3. The molecule has 0 aliphatic carbocycles. The fourth-order valence-electron chi connectivity index (χ4n) is 3.41. The molecule has 2 aromatic heterocycles. The summed E-state index contributed by atoms with van der Waals surface area (Å²) in [5.74, 6) is 0.0275. The monoisotopic (exact) mass is 383 g/mol. The van der Waals surface area contributed by atoms with Crippen molar-refractivity contribution in [3.8, 4) is 9.88 Å². The molecule has 2 fully saturated rings. The van der Waals surface area contributed by atoms with Crippen molar-refractivity contribution in [3.63, 3.8) is 0 Å². The second kappa shape index (κ2) is 5.91. The van der Waals surface area contributed by atoms with E-state index in [0.717, 1.165) is 9.88 Å². The van der Waals surface area contributed by atoms with Gasteiger partial charge in [-0.05, 0) is 18.5 Å². The number of hydrogen-bond acceptors (Lipinski definition) is 7. The van der Waals surface area contributed by atoms with Gasteiger partial charge in [0.25, 0.3) is 5.91 Å². The van der Waals surface area contributed by atoms with E-state index in [1.807, 2.05) is 24.6 Å². The zero-order valence-corrected chi connectivity index (χ0v) is 15.5. The van der Waals surface area contributed by atoms with Gasteiger partial charge in [0.2, 0.25) is 0 Å². The van der Waals surface area contributed by atoms with Crippen molar-refractivity contribution in [3.05, 3.63) is 28.6 Å². The number of sulfone groups is 1. The van der Waals surface area contributed by atoms with Gasteiger partial charge in [0.15, 0.2) is 9.84 Å². The van der Waals surface area contributed by atoms with Crippen LogP contribution in [0.5, 0.6) is 0 Å². The van der Waals surface area contributed by atoms with Crippen molar-refractivity contribution in [1.82, 2.24) is 14.8 Å². The molecule has 0 N–H and O–H groups in total. The van der Waals surface area contributed by atoms with Crippen molar-refractivity contribution in [1.29, 1.82) is 0 Å². The third-order valence-corrected chi connectivity index (χ3v) is 8.25. The Morgan fingerprint density at radius 2 is 2.04 bits per heavy atom. The molecule has 2 saturated heterocycles. The number of likely N-dealkylation sites (N-methyl/N-ethyl adjacent to an activating group) is 1. The van der Waals surface area contributed by atoms with Crippen LogP contribution in [0, 0.1) is 0 Å². The smallest absolute Gasteiger partial charge is 0.273 e. The van der Waals surface area contributed by atoms with Crippen LogP contribution in [-0.2, 0) is 9.84 Å². The van der Waals surface area contributed by atoms with Gasteiger partial charge in [-0.3, -0.25) is 9.69 Å². The first-order chi connectivity index (χ1) is 11.4. The first-order valence-electron chi connectivity index (χ1n) is 7.66. The Morgan fingerprint density at radius 3 is 2.79 bits per heavy atom. The highest BCUT2D eigenvalue weighted by molar-refractivity contribution is 7.91. The topological polar surface area (TPSA) is 70.6 Å². The number of amides is 1. The van der Waals surface area contributed by atoms with Crippen molar-refractivity contribution in [2.24, 2.45) is 0 Å². The molecule has 0 aromatic carbocycles. The SMILES string of the molecule is CN1CCN(C(=O)c2csc(-c3cccs3)n2)C2CS(=O)(=O)CC21. The number of carbonyl (C=O) groups is 1. The van der Waals surface area contributed by atoms with Crippen LogP contribution in [-0.4, -0.2) is 72.8 Å². The number of rotatable bonds is 2. The van der Waals surface area contributed by atoms with E-state index in [1.54, 1.807) is 21.6 Å². The van der Waals surface area contributed by atoms with Gasteiger partial charge in [-0.2, -0.15) is 0 Å². The Bertz CT molecular complexity index is 860. The summed E-state index contributed by atoms with van der Waals surface area (Å²) in [5, 5.41) is 4.58. The summed E-state index contributed by atoms with van der Waals surface area (Å²) in [6.07, 6.45) is 0. The molecule has 0 radical (unpaired) electrons. The molecule has 1 amide bonds. The van der Waals surface area contributed by atoms with Crippen molar-refractivity contribution in [2.75, 3.05) is 31.6 Å². The van der Waals surface area contributed by atoms with Crippen molar-refractivity contribution >= 4 is 38.4 Å². The molecule has 0 spiro atoms. The van der Waals surface area contributed by atoms with E-state index in [-0.39, 0.29) is 29.5 Å². The lowest BCUT2D eigenvalue weighted by Crippen LogP contribution is -2.59. The maximum atomic E-state index is 12.9. The van der Waals surface area contributed by atoms with E-state index in [0.29, 0.717) is 18.8 Å². The lowest BCUT2D eigenvalue weighted by Gasteiger charge is -2.41. The summed E-state index contributed by atoms with van der Waals surface area (Å²) < 4.78 is 24.1. The largest absolute Gasteiger partial charge is 0.330 e. The second-order valence-corrected chi connectivity index (χ2v) is 10.2. The summed E-state index contributed by atoms with van der Waals surface area (Å²) in [6, 6.07) is 3.56. The minimum absolute atomic E-state index is 0.0513. The minimum atomic E-state index is -3.09. The van der Waals surface area contributed by atoms with Gasteiger partial charge < -0.3 is 4.90 Å². The molecule has 2 aliphatic heterocycles. The summed E-state index contributed by atoms with van der Waals surface area (Å²) in [5.41, 5.74) is 0.413. The van der Waals surface area contributed by atoms with Crippen LogP contribution < -0.4 is 0 Å². The summed E-state index contributed by atoms with van der Waals surface area (Å²) in [7, 11) is -1.16. The van der Waals surface area contributed by atoms with Gasteiger partial charge in [0, 0.05) is 24.5 Å². The zero-order chi connectivity index (χ0) is 16.9. The molecular weight excluding hydrogens is 366 g/mol. The van der Waals surface area contributed by atoms with Crippen molar-refractivity contribution in [2.45, 2.75) is 12.1 Å². The normalized spacial score (nSPS) is 26.5.